The number of nitrogens with zero attached hydrogens (tertiary/aromatic N) is 2. The van der Waals surface area contributed by atoms with Gasteiger partial charge in [0, 0.05) is 18.3 Å². The molecule has 2 aliphatic heterocycles. The number of hydrogen-bond acceptors (Lipinski definition) is 5. The number of pyridine rings is 1. The molecule has 1 aromatic carbocycles. The largest absolute Gasteiger partial charge is 0.507 e. The highest BCUT2D eigenvalue weighted by Gasteiger charge is 2.46. The molecule has 0 radical (unpaired) electrons. The molecule has 4 rings (SSSR count). The summed E-state index contributed by atoms with van der Waals surface area (Å²) in [4.78, 5) is 31.8. The predicted octanol–water partition coefficient (Wildman–Crippen LogP) is 4.02. The molecule has 0 saturated carbocycles. The van der Waals surface area contributed by atoms with E-state index in [0.29, 0.717) is 24.4 Å². The fourth-order valence-electron chi connectivity index (χ4n) is 4.15. The van der Waals surface area contributed by atoms with Gasteiger partial charge in [-0.3, -0.25) is 14.6 Å². The maximum absolute atomic E-state index is 13.0. The van der Waals surface area contributed by atoms with Crippen LogP contribution in [0, 0.1) is 0 Å². The quantitative estimate of drug-likeness (QED) is 0.339. The highest BCUT2D eigenvalue weighted by molar-refractivity contribution is 6.46. The highest BCUT2D eigenvalue weighted by atomic mass is 16.5. The van der Waals surface area contributed by atoms with Crippen molar-refractivity contribution < 1.29 is 19.4 Å². The molecular formula is C24H26N2O4. The Labute approximate surface area is 176 Å². The molecule has 30 heavy (non-hydrogen) atoms. The number of aryl methyl sites for hydroxylation is 1. The molecule has 1 N–H and O–H groups in total. The minimum atomic E-state index is -0.685. The lowest BCUT2D eigenvalue weighted by atomic mass is 9.96. The van der Waals surface area contributed by atoms with Gasteiger partial charge in [0.15, 0.2) is 0 Å². The van der Waals surface area contributed by atoms with Gasteiger partial charge in [0.1, 0.15) is 17.6 Å². The summed E-state index contributed by atoms with van der Waals surface area (Å²) in [6.45, 7) is 3.22. The van der Waals surface area contributed by atoms with E-state index in [1.807, 2.05) is 18.2 Å². The van der Waals surface area contributed by atoms with Crippen LogP contribution in [0.2, 0.25) is 0 Å². The molecule has 0 aliphatic carbocycles. The van der Waals surface area contributed by atoms with E-state index in [1.165, 1.54) is 0 Å². The first kappa shape index (κ1) is 20.1. The second-order valence-electron chi connectivity index (χ2n) is 7.73. The van der Waals surface area contributed by atoms with Crippen LogP contribution in [-0.2, 0) is 16.0 Å². The molecule has 0 spiro atoms. The number of ether oxygens (including phenoxy) is 1. The van der Waals surface area contributed by atoms with Crippen LogP contribution in [0.5, 0.6) is 5.75 Å². The lowest BCUT2D eigenvalue weighted by Gasteiger charge is -2.24. The third-order valence-electron chi connectivity index (χ3n) is 5.69. The summed E-state index contributed by atoms with van der Waals surface area (Å²) in [6.07, 6.45) is 6.16. The van der Waals surface area contributed by atoms with E-state index in [9.17, 15) is 14.7 Å². The Morgan fingerprint density at radius 2 is 2.10 bits per heavy atom. The van der Waals surface area contributed by atoms with Crippen molar-refractivity contribution in [2.75, 3.05) is 13.2 Å². The van der Waals surface area contributed by atoms with Crippen molar-refractivity contribution in [1.82, 2.24) is 9.88 Å². The maximum Gasteiger partial charge on any atom is 0.295 e. The van der Waals surface area contributed by atoms with Gasteiger partial charge in [0.25, 0.3) is 11.7 Å². The van der Waals surface area contributed by atoms with Crippen molar-refractivity contribution in [3.8, 4) is 5.75 Å². The SMILES string of the molecule is CCCCCN1C(=O)C(=O)/C(=C(\O)c2ccc3c(c2)CCCO3)C1c1ccccn1. The zero-order chi connectivity index (χ0) is 21.1. The lowest BCUT2D eigenvalue weighted by molar-refractivity contribution is -0.140. The summed E-state index contributed by atoms with van der Waals surface area (Å²) in [5.41, 5.74) is 2.20. The number of carbonyl (C=O) groups excluding carboxylic acids is 2. The molecule has 1 unspecified atom stereocenters. The normalized spacial score (nSPS) is 20.2. The Morgan fingerprint density at radius 3 is 2.87 bits per heavy atom. The fourth-order valence-corrected chi connectivity index (χ4v) is 4.15. The van der Waals surface area contributed by atoms with E-state index in [2.05, 4.69) is 11.9 Å². The molecule has 0 bridgehead atoms. The average Bonchev–Trinajstić information content (AvgIpc) is 3.04. The first-order chi connectivity index (χ1) is 14.6. The molecule has 1 fully saturated rings. The molecule has 6 heteroatoms. The van der Waals surface area contributed by atoms with Gasteiger partial charge in [-0.1, -0.05) is 25.8 Å². The molecule has 1 aromatic heterocycles. The average molecular weight is 406 g/mol. The van der Waals surface area contributed by atoms with E-state index >= 15 is 0 Å². The molecule has 3 heterocycles. The smallest absolute Gasteiger partial charge is 0.295 e. The second kappa shape index (κ2) is 8.69. The number of aliphatic hydroxyl groups excluding tert-OH is 1. The number of aliphatic hydroxyl groups is 1. The van der Waals surface area contributed by atoms with Crippen molar-refractivity contribution in [3.63, 3.8) is 0 Å². The number of benzene rings is 1. The van der Waals surface area contributed by atoms with Crippen LogP contribution in [0.4, 0.5) is 0 Å². The summed E-state index contributed by atoms with van der Waals surface area (Å²) in [6, 6.07) is 10.1. The predicted molar refractivity (Wildman–Crippen MR) is 113 cm³/mol. The summed E-state index contributed by atoms with van der Waals surface area (Å²) in [7, 11) is 0. The maximum atomic E-state index is 13.0. The number of fused-ring (bicyclic) bond motifs is 1. The van der Waals surface area contributed by atoms with Gasteiger partial charge in [-0.15, -0.1) is 0 Å². The van der Waals surface area contributed by atoms with Crippen molar-refractivity contribution in [3.05, 3.63) is 65.0 Å². The molecule has 2 aromatic rings. The van der Waals surface area contributed by atoms with Crippen LogP contribution >= 0.6 is 0 Å². The Hall–Kier alpha value is -3.15. The number of aromatic nitrogens is 1. The molecule has 2 aliphatic rings. The van der Waals surface area contributed by atoms with Crippen molar-refractivity contribution >= 4 is 17.4 Å². The molecule has 1 amide bonds. The van der Waals surface area contributed by atoms with Crippen LogP contribution in [0.25, 0.3) is 5.76 Å². The van der Waals surface area contributed by atoms with Gasteiger partial charge in [-0.2, -0.15) is 0 Å². The van der Waals surface area contributed by atoms with E-state index in [4.69, 9.17) is 4.74 Å². The number of hydrogen-bond donors (Lipinski definition) is 1. The number of Topliss-reactive ketones (excluding diaryl/α,β-unsaturated/α-hetero) is 1. The molecule has 1 saturated heterocycles. The van der Waals surface area contributed by atoms with Gasteiger partial charge in [0.2, 0.25) is 0 Å². The Bertz CT molecular complexity index is 984. The van der Waals surface area contributed by atoms with E-state index < -0.39 is 17.7 Å². The van der Waals surface area contributed by atoms with Crippen LogP contribution in [-0.4, -0.2) is 39.8 Å². The topological polar surface area (TPSA) is 79.7 Å². The summed E-state index contributed by atoms with van der Waals surface area (Å²) < 4.78 is 5.65. The summed E-state index contributed by atoms with van der Waals surface area (Å²) in [5.74, 6) is -0.590. The number of amides is 1. The lowest BCUT2D eigenvalue weighted by Crippen LogP contribution is -2.31. The van der Waals surface area contributed by atoms with E-state index in [1.54, 1.807) is 29.3 Å². The third kappa shape index (κ3) is 3.70. The van der Waals surface area contributed by atoms with Crippen molar-refractivity contribution in [2.45, 2.75) is 45.1 Å². The second-order valence-corrected chi connectivity index (χ2v) is 7.73. The monoisotopic (exact) mass is 406 g/mol. The van der Waals surface area contributed by atoms with Gasteiger partial charge in [-0.25, -0.2) is 0 Å². The highest BCUT2D eigenvalue weighted by Crippen LogP contribution is 2.39. The Balaban J connectivity index is 1.79. The molecule has 6 nitrogen and oxygen atoms in total. The van der Waals surface area contributed by atoms with Crippen molar-refractivity contribution in [2.24, 2.45) is 0 Å². The number of rotatable bonds is 6. The number of unbranched alkanes of at least 4 members (excludes halogenated alkanes) is 2. The third-order valence-corrected chi connectivity index (χ3v) is 5.69. The molecular weight excluding hydrogens is 380 g/mol. The van der Waals surface area contributed by atoms with Crippen molar-refractivity contribution in [1.29, 1.82) is 0 Å². The standard InChI is InChI=1S/C24H26N2O4/c1-2-3-6-13-26-21(18-9-4-5-12-25-18)20(23(28)24(26)29)22(27)17-10-11-19-16(15-17)8-7-14-30-19/h4-5,9-12,15,21,27H,2-3,6-8,13-14H2,1H3/b22-20-. The van der Waals surface area contributed by atoms with Gasteiger partial charge in [-0.05, 0) is 55.2 Å². The van der Waals surface area contributed by atoms with Crippen LogP contribution in [0.1, 0.15) is 55.5 Å². The Morgan fingerprint density at radius 1 is 1.23 bits per heavy atom. The number of likely N-dealkylation sites (tertiary alicyclic amines) is 1. The van der Waals surface area contributed by atoms with Crippen LogP contribution in [0.3, 0.4) is 0 Å². The minimum Gasteiger partial charge on any atom is -0.507 e. The first-order valence-electron chi connectivity index (χ1n) is 10.6. The zero-order valence-corrected chi connectivity index (χ0v) is 17.1. The fraction of sp³-hybridized carbons (Fsp3) is 0.375. The van der Waals surface area contributed by atoms with E-state index in [-0.39, 0.29) is 11.3 Å². The van der Waals surface area contributed by atoms with E-state index in [0.717, 1.165) is 43.4 Å². The van der Waals surface area contributed by atoms with Gasteiger partial charge in [0.05, 0.1) is 17.9 Å². The summed E-state index contributed by atoms with van der Waals surface area (Å²) in [5, 5.41) is 11.1. The van der Waals surface area contributed by atoms with Gasteiger partial charge >= 0.3 is 0 Å². The van der Waals surface area contributed by atoms with Gasteiger partial charge < -0.3 is 14.7 Å². The minimum absolute atomic E-state index is 0.104. The Kier molecular flexibility index (Phi) is 5.84. The number of ketones is 1. The first-order valence-corrected chi connectivity index (χ1v) is 10.6. The molecule has 156 valence electrons. The van der Waals surface area contributed by atoms with Crippen LogP contribution < -0.4 is 4.74 Å². The zero-order valence-electron chi connectivity index (χ0n) is 17.1. The van der Waals surface area contributed by atoms with Crippen LogP contribution in [0.15, 0.2) is 48.2 Å². The molecule has 1 atom stereocenters. The number of carbonyl (C=O) groups is 2. The summed E-state index contributed by atoms with van der Waals surface area (Å²) >= 11 is 0.